The Labute approximate surface area is 384 Å². The summed E-state index contributed by atoms with van der Waals surface area (Å²) in [6.07, 6.45) is 10.6. The predicted octanol–water partition coefficient (Wildman–Crippen LogP) is 10.8. The highest BCUT2D eigenvalue weighted by Gasteiger charge is 2.65. The predicted molar refractivity (Wildman–Crippen MR) is 255 cm³/mol. The fourth-order valence-corrected chi connectivity index (χ4v) is 10.00. The molecule has 11 heteroatoms. The van der Waals surface area contributed by atoms with Crippen LogP contribution in [0.5, 0.6) is 11.5 Å². The number of amides is 1. The number of aryl methyl sites for hydroxylation is 1. The Bertz CT molecular complexity index is 2330. The van der Waals surface area contributed by atoms with Crippen molar-refractivity contribution in [2.24, 2.45) is 22.9 Å². The van der Waals surface area contributed by atoms with Crippen LogP contribution in [0.2, 0.25) is 0 Å². The lowest BCUT2D eigenvalue weighted by molar-refractivity contribution is -0.256. The van der Waals surface area contributed by atoms with Crippen LogP contribution in [-0.4, -0.2) is 75.8 Å². The average molecular weight is 886 g/mol. The van der Waals surface area contributed by atoms with Gasteiger partial charge < -0.3 is 34.0 Å². The third-order valence-corrected chi connectivity index (χ3v) is 12.8. The van der Waals surface area contributed by atoms with Crippen LogP contribution in [-0.2, 0) is 27.5 Å². The van der Waals surface area contributed by atoms with Crippen molar-refractivity contribution in [2.45, 2.75) is 116 Å². The minimum absolute atomic E-state index is 0.0478. The van der Waals surface area contributed by atoms with Gasteiger partial charge in [0.25, 0.3) is 0 Å². The van der Waals surface area contributed by atoms with Crippen LogP contribution < -0.4 is 9.47 Å². The second-order valence-corrected chi connectivity index (χ2v) is 18.5. The lowest BCUT2D eigenvalue weighted by Crippen LogP contribution is -2.70. The number of hydrogen-bond donors (Lipinski definition) is 2. The van der Waals surface area contributed by atoms with E-state index in [4.69, 9.17) is 28.9 Å². The number of aliphatic hydroxyl groups is 2. The summed E-state index contributed by atoms with van der Waals surface area (Å²) in [5.41, 5.74) is 4.72. The minimum atomic E-state index is -1.46. The Hall–Kier alpha value is -5.49. The molecule has 0 saturated heterocycles. The number of ether oxygens (including phenoxy) is 4. The number of benzene rings is 3. The van der Waals surface area contributed by atoms with Gasteiger partial charge in [-0.15, -0.1) is 13.2 Å². The number of aliphatic hydroxyl groups excluding tert-OH is 2. The number of rotatable bonds is 21. The minimum Gasteiger partial charge on any atom is -0.487 e. The van der Waals surface area contributed by atoms with Gasteiger partial charge in [-0.05, 0) is 124 Å². The fraction of sp³-hybridized carbons (Fsp3) is 0.463. The molecule has 3 aliphatic rings. The van der Waals surface area contributed by atoms with Crippen molar-refractivity contribution in [1.29, 1.82) is 0 Å². The second-order valence-electron chi connectivity index (χ2n) is 18.5. The largest absolute Gasteiger partial charge is 0.487 e. The van der Waals surface area contributed by atoms with Gasteiger partial charge in [0.2, 0.25) is 5.79 Å². The molecule has 7 rings (SSSR count). The zero-order valence-corrected chi connectivity index (χ0v) is 38.6. The topological polar surface area (TPSA) is 132 Å². The molecule has 0 unspecified atom stereocenters. The second kappa shape index (κ2) is 21.7. The quantitative estimate of drug-likeness (QED) is 0.0477. The van der Waals surface area contributed by atoms with Gasteiger partial charge in [-0.25, -0.2) is 4.79 Å². The summed E-state index contributed by atoms with van der Waals surface area (Å²) in [4.78, 5) is 27.7. The maximum atomic E-state index is 14.9. The van der Waals surface area contributed by atoms with Crippen molar-refractivity contribution >= 4 is 22.6 Å². The van der Waals surface area contributed by atoms with Gasteiger partial charge in [0.05, 0.1) is 37.1 Å². The van der Waals surface area contributed by atoms with Gasteiger partial charge in [-0.1, -0.05) is 84.8 Å². The first-order chi connectivity index (χ1) is 31.5. The van der Waals surface area contributed by atoms with E-state index in [1.165, 1.54) is 0 Å². The molecule has 2 N–H and O–H groups in total. The van der Waals surface area contributed by atoms with Crippen LogP contribution in [0.25, 0.3) is 10.8 Å². The summed E-state index contributed by atoms with van der Waals surface area (Å²) in [7, 11) is 0. The molecular formula is C54H67N3O8. The number of nitrogens with zero attached hydrogens (tertiary/aromatic N) is 3. The molecule has 346 valence electrons. The van der Waals surface area contributed by atoms with Crippen molar-refractivity contribution in [1.82, 2.24) is 9.88 Å². The van der Waals surface area contributed by atoms with Gasteiger partial charge in [0, 0.05) is 36.8 Å². The molecular weight excluding hydrogens is 819 g/mol. The van der Waals surface area contributed by atoms with E-state index in [2.05, 4.69) is 54.5 Å². The molecule has 65 heavy (non-hydrogen) atoms. The molecule has 2 heterocycles. The van der Waals surface area contributed by atoms with Crippen LogP contribution in [0.15, 0.2) is 121 Å². The number of unbranched alkanes of at least 4 members (excludes halogenated alkanes) is 2. The normalized spacial score (nSPS) is 22.8. The van der Waals surface area contributed by atoms with Crippen LogP contribution >= 0.6 is 0 Å². The standard InChI is InChI=1S/C54H67N3O8/c1-7-9-31-61-52(60)57(35-40-22-17-21-38-19-10-11-24-43(38)40)49-34-47(56-65-53(4,5)6)45-32-39(20-12-14-28-58)44(25-13-15-29-59)50-46-33-42(62-36-41-23-16-18-37(3)55-41)26-27-48(46)64-54(49,51(45)50)63-30-8-2/h7-8,10-11,16-19,21-24,26-27,32-33,39,44,49-51,58-59H,1-2,9,12-15,20,25,28-31,34-36H2,3-6H3/t39-,44+,49-,50+,51+,54+/m0/s1. The van der Waals surface area contributed by atoms with E-state index in [0.717, 1.165) is 64.5 Å². The SMILES string of the molecule is C=CCCOC(=O)N(Cc1cccc2ccccc12)[C@H]1CC(=NOC(C)(C)C)C2=C[C@H](CCCCO)[C@@H](CCCCO)[C@@H]3c4cc(OCc5cccc(C)n5)ccc4O[C@@]1(OCC=C)[C@H]23. The summed E-state index contributed by atoms with van der Waals surface area (Å²) in [5, 5.41) is 27.1. The van der Waals surface area contributed by atoms with Gasteiger partial charge in [0.1, 0.15) is 29.7 Å². The molecule has 2 aliphatic carbocycles. The van der Waals surface area contributed by atoms with E-state index < -0.39 is 29.4 Å². The molecule has 1 fully saturated rings. The smallest absolute Gasteiger partial charge is 0.410 e. The van der Waals surface area contributed by atoms with Crippen LogP contribution in [0.4, 0.5) is 4.79 Å². The first-order valence-corrected chi connectivity index (χ1v) is 23.3. The Morgan fingerprint density at radius 3 is 2.49 bits per heavy atom. The average Bonchev–Trinajstić information content (AvgIpc) is 3.29. The van der Waals surface area contributed by atoms with E-state index in [9.17, 15) is 15.0 Å². The van der Waals surface area contributed by atoms with Crippen molar-refractivity contribution in [3.05, 3.63) is 138 Å². The lowest BCUT2D eigenvalue weighted by atomic mass is 9.55. The monoisotopic (exact) mass is 885 g/mol. The van der Waals surface area contributed by atoms with E-state index in [1.807, 2.05) is 76.2 Å². The van der Waals surface area contributed by atoms with Gasteiger partial charge in [-0.3, -0.25) is 9.88 Å². The highest BCUT2D eigenvalue weighted by Crippen LogP contribution is 2.62. The van der Waals surface area contributed by atoms with Gasteiger partial charge in [-0.2, -0.15) is 0 Å². The Morgan fingerprint density at radius 2 is 1.74 bits per heavy atom. The molecule has 1 amide bonds. The molecule has 1 aliphatic heterocycles. The summed E-state index contributed by atoms with van der Waals surface area (Å²) in [5.74, 6) is -0.730. The number of aromatic nitrogens is 1. The molecule has 6 atom stereocenters. The number of carbonyl (C=O) groups is 1. The number of pyridine rings is 1. The summed E-state index contributed by atoms with van der Waals surface area (Å²) >= 11 is 0. The number of hydrogen-bond acceptors (Lipinski definition) is 10. The molecule has 0 spiro atoms. The number of allylic oxidation sites excluding steroid dienone is 1. The Balaban J connectivity index is 1.46. The lowest BCUT2D eigenvalue weighted by Gasteiger charge is -2.60. The molecule has 4 aromatic rings. The van der Waals surface area contributed by atoms with Crippen LogP contribution in [0, 0.1) is 24.7 Å². The van der Waals surface area contributed by atoms with Crippen molar-refractivity contribution in [3.63, 3.8) is 0 Å². The highest BCUT2D eigenvalue weighted by atomic mass is 16.7. The van der Waals surface area contributed by atoms with Gasteiger partial charge in [0.15, 0.2) is 0 Å². The zero-order valence-electron chi connectivity index (χ0n) is 38.6. The molecule has 3 aromatic carbocycles. The van der Waals surface area contributed by atoms with Crippen LogP contribution in [0.1, 0.15) is 101 Å². The number of fused-ring (bicyclic) bond motifs is 3. The Morgan fingerprint density at radius 1 is 0.969 bits per heavy atom. The first-order valence-electron chi connectivity index (χ1n) is 23.3. The third-order valence-electron chi connectivity index (χ3n) is 12.8. The maximum absolute atomic E-state index is 14.9. The molecule has 1 saturated carbocycles. The third kappa shape index (κ3) is 11.0. The van der Waals surface area contributed by atoms with Crippen molar-refractivity contribution < 1.29 is 38.8 Å². The van der Waals surface area contributed by atoms with Crippen molar-refractivity contribution in [2.75, 3.05) is 26.4 Å². The number of oxime groups is 1. The van der Waals surface area contributed by atoms with Crippen molar-refractivity contribution in [3.8, 4) is 11.5 Å². The first kappa shape index (κ1) is 47.5. The summed E-state index contributed by atoms with van der Waals surface area (Å²) in [6.45, 7) is 16.8. The maximum Gasteiger partial charge on any atom is 0.410 e. The number of carbonyl (C=O) groups excluding carboxylic acids is 1. The molecule has 0 radical (unpaired) electrons. The molecule has 1 aromatic heterocycles. The Kier molecular flexibility index (Phi) is 15.8. The van der Waals surface area contributed by atoms with E-state index >= 15 is 0 Å². The molecule has 11 nitrogen and oxygen atoms in total. The fourth-order valence-electron chi connectivity index (χ4n) is 10.00. The zero-order chi connectivity index (χ0) is 46.0. The highest BCUT2D eigenvalue weighted by molar-refractivity contribution is 6.03. The van der Waals surface area contributed by atoms with E-state index in [-0.39, 0.29) is 63.8 Å². The van der Waals surface area contributed by atoms with E-state index in [0.29, 0.717) is 36.5 Å². The van der Waals surface area contributed by atoms with Gasteiger partial charge >= 0.3 is 6.09 Å². The summed E-state index contributed by atoms with van der Waals surface area (Å²) in [6, 6.07) is 25.4. The van der Waals surface area contributed by atoms with Crippen LogP contribution in [0.3, 0.4) is 0 Å². The summed E-state index contributed by atoms with van der Waals surface area (Å²) < 4.78 is 27.3. The van der Waals surface area contributed by atoms with E-state index in [1.54, 1.807) is 17.1 Å². The molecule has 0 bridgehead atoms.